The number of fused-ring (bicyclic) bond motifs is 1. The normalized spacial score (nSPS) is 13.8. The fourth-order valence-corrected chi connectivity index (χ4v) is 5.50. The molecule has 1 aromatic carbocycles. The zero-order chi connectivity index (χ0) is 34.1. The van der Waals surface area contributed by atoms with E-state index in [4.69, 9.17) is 14.7 Å². The second-order valence-electron chi connectivity index (χ2n) is 13.7. The Labute approximate surface area is 277 Å². The van der Waals surface area contributed by atoms with Gasteiger partial charge in [-0.2, -0.15) is 10.1 Å². The van der Waals surface area contributed by atoms with Crippen molar-refractivity contribution in [2.24, 2.45) is 0 Å². The fraction of sp³-hybridized carbons (Fsp3) is 0.400. The number of ether oxygens (including phenoxy) is 1. The molecule has 0 unspecified atom stereocenters. The molecule has 4 aromatic rings. The predicted molar refractivity (Wildman–Crippen MR) is 189 cm³/mol. The van der Waals surface area contributed by atoms with Crippen molar-refractivity contribution in [3.63, 3.8) is 0 Å². The number of rotatable bonds is 11. The summed E-state index contributed by atoms with van der Waals surface area (Å²) in [6.45, 7) is 16.7. The number of hydrogen-bond donors (Lipinski definition) is 2. The standard InChI is InChI=1S/C35H46N10O2/c1-11-31(46)38-25-18-26(29(47-10)19-28(25)43(9)17-16-42(7)8)40-33-36-15-14-30(41-33)44-22-35(5,6)32-27(44)13-12-24(39-32)23-20-37-45(21-23)34(2,3)4/h11-15,18-21H,1,16-17,22H2,2-10H3,(H,38,46)(H,36,40,41). The quantitative estimate of drug-likeness (QED) is 0.196. The van der Waals surface area contributed by atoms with E-state index in [1.54, 1.807) is 13.3 Å². The molecule has 0 fully saturated rings. The van der Waals surface area contributed by atoms with Crippen molar-refractivity contribution in [1.29, 1.82) is 0 Å². The van der Waals surface area contributed by atoms with Crippen LogP contribution in [0.2, 0.25) is 0 Å². The minimum absolute atomic E-state index is 0.112. The number of likely N-dealkylation sites (N-methyl/N-ethyl adjacent to an activating group) is 2. The highest BCUT2D eigenvalue weighted by atomic mass is 16.5. The Morgan fingerprint density at radius 3 is 2.53 bits per heavy atom. The van der Waals surface area contributed by atoms with Gasteiger partial charge < -0.3 is 30.1 Å². The minimum Gasteiger partial charge on any atom is -0.494 e. The van der Waals surface area contributed by atoms with Crippen LogP contribution in [0.4, 0.5) is 34.5 Å². The highest BCUT2D eigenvalue weighted by Gasteiger charge is 2.38. The summed E-state index contributed by atoms with van der Waals surface area (Å²) in [5, 5.41) is 10.8. The molecule has 2 N–H and O–H groups in total. The van der Waals surface area contributed by atoms with Gasteiger partial charge in [-0.3, -0.25) is 9.48 Å². The van der Waals surface area contributed by atoms with Crippen molar-refractivity contribution >= 4 is 40.4 Å². The lowest BCUT2D eigenvalue weighted by molar-refractivity contribution is -0.111. The Morgan fingerprint density at radius 2 is 1.87 bits per heavy atom. The summed E-state index contributed by atoms with van der Waals surface area (Å²) in [6, 6.07) is 9.78. The van der Waals surface area contributed by atoms with E-state index in [0.29, 0.717) is 29.6 Å². The third-order valence-corrected chi connectivity index (χ3v) is 8.14. The highest BCUT2D eigenvalue weighted by Crippen LogP contribution is 2.44. The Morgan fingerprint density at radius 1 is 1.11 bits per heavy atom. The molecule has 1 amide bonds. The number of carbonyl (C=O) groups excluding carboxylic acids is 1. The second-order valence-corrected chi connectivity index (χ2v) is 13.7. The lowest BCUT2D eigenvalue weighted by atomic mass is 9.91. The summed E-state index contributed by atoms with van der Waals surface area (Å²) < 4.78 is 7.74. The number of nitrogens with one attached hydrogen (secondary N) is 2. The summed E-state index contributed by atoms with van der Waals surface area (Å²) >= 11 is 0. The molecule has 0 atom stereocenters. The average molecular weight is 639 g/mol. The molecule has 0 saturated heterocycles. The van der Waals surface area contributed by atoms with Crippen molar-refractivity contribution in [2.45, 2.75) is 45.6 Å². The van der Waals surface area contributed by atoms with E-state index in [1.807, 2.05) is 62.5 Å². The van der Waals surface area contributed by atoms with Crippen LogP contribution >= 0.6 is 0 Å². The van der Waals surface area contributed by atoms with Crippen LogP contribution < -0.4 is 25.2 Å². The first-order valence-corrected chi connectivity index (χ1v) is 15.7. The zero-order valence-electron chi connectivity index (χ0n) is 28.9. The van der Waals surface area contributed by atoms with Crippen molar-refractivity contribution < 1.29 is 9.53 Å². The molecule has 0 saturated carbocycles. The molecule has 3 aromatic heterocycles. The number of carbonyl (C=O) groups is 1. The van der Waals surface area contributed by atoms with Crippen molar-refractivity contribution in [3.05, 3.63) is 67.3 Å². The van der Waals surface area contributed by atoms with Gasteiger partial charge in [-0.1, -0.05) is 20.4 Å². The van der Waals surface area contributed by atoms with Crippen LogP contribution in [0.25, 0.3) is 11.3 Å². The molecule has 0 aliphatic carbocycles. The predicted octanol–water partition coefficient (Wildman–Crippen LogP) is 5.79. The van der Waals surface area contributed by atoms with Crippen LogP contribution in [-0.4, -0.2) is 83.4 Å². The molecular weight excluding hydrogens is 592 g/mol. The number of amides is 1. The molecule has 12 heteroatoms. The largest absolute Gasteiger partial charge is 0.494 e. The van der Waals surface area contributed by atoms with E-state index < -0.39 is 0 Å². The highest BCUT2D eigenvalue weighted by molar-refractivity contribution is 6.02. The van der Waals surface area contributed by atoms with Gasteiger partial charge in [0.05, 0.1) is 53.0 Å². The molecule has 248 valence electrons. The lowest BCUT2D eigenvalue weighted by Crippen LogP contribution is -2.29. The number of nitrogens with zero attached hydrogens (tertiary/aromatic N) is 8. The van der Waals surface area contributed by atoms with Gasteiger partial charge in [-0.25, -0.2) is 9.97 Å². The van der Waals surface area contributed by atoms with Gasteiger partial charge in [0.1, 0.15) is 11.6 Å². The van der Waals surface area contributed by atoms with Gasteiger partial charge >= 0.3 is 0 Å². The van der Waals surface area contributed by atoms with E-state index in [9.17, 15) is 4.79 Å². The maximum Gasteiger partial charge on any atom is 0.247 e. The summed E-state index contributed by atoms with van der Waals surface area (Å²) in [6.07, 6.45) is 6.90. The van der Waals surface area contributed by atoms with Crippen LogP contribution in [0.15, 0.2) is 61.6 Å². The Balaban J connectivity index is 1.45. The molecule has 0 bridgehead atoms. The van der Waals surface area contributed by atoms with Gasteiger partial charge in [0.25, 0.3) is 0 Å². The Hall–Kier alpha value is -4.97. The monoisotopic (exact) mass is 638 g/mol. The number of anilines is 6. The first-order valence-electron chi connectivity index (χ1n) is 15.7. The Kier molecular flexibility index (Phi) is 9.26. The van der Waals surface area contributed by atoms with Gasteiger partial charge in [0.2, 0.25) is 11.9 Å². The van der Waals surface area contributed by atoms with Gasteiger partial charge in [-0.05, 0) is 65.2 Å². The second kappa shape index (κ2) is 13.0. The van der Waals surface area contributed by atoms with Crippen molar-refractivity contribution in [1.82, 2.24) is 29.6 Å². The third-order valence-electron chi connectivity index (χ3n) is 8.14. The number of benzene rings is 1. The van der Waals surface area contributed by atoms with E-state index in [2.05, 4.69) is 82.7 Å². The molecule has 1 aliphatic rings. The van der Waals surface area contributed by atoms with Crippen molar-refractivity contribution in [2.75, 3.05) is 68.3 Å². The maximum absolute atomic E-state index is 12.4. The molecule has 4 heterocycles. The van der Waals surface area contributed by atoms with Crippen molar-refractivity contribution in [3.8, 4) is 17.0 Å². The first kappa shape index (κ1) is 33.4. The van der Waals surface area contributed by atoms with Crippen LogP contribution in [0.5, 0.6) is 5.75 Å². The van der Waals surface area contributed by atoms with Gasteiger partial charge in [0.15, 0.2) is 0 Å². The maximum atomic E-state index is 12.4. The van der Waals surface area contributed by atoms with E-state index >= 15 is 0 Å². The first-order chi connectivity index (χ1) is 22.2. The molecule has 12 nitrogen and oxygen atoms in total. The van der Waals surface area contributed by atoms with Crippen LogP contribution in [-0.2, 0) is 15.7 Å². The fourth-order valence-electron chi connectivity index (χ4n) is 5.50. The third kappa shape index (κ3) is 7.22. The smallest absolute Gasteiger partial charge is 0.247 e. The van der Waals surface area contributed by atoms with Gasteiger partial charge in [0, 0.05) is 56.1 Å². The van der Waals surface area contributed by atoms with Crippen LogP contribution in [0.3, 0.4) is 0 Å². The number of aromatic nitrogens is 5. The molecule has 5 rings (SSSR count). The summed E-state index contributed by atoms with van der Waals surface area (Å²) in [5.74, 6) is 1.41. The zero-order valence-corrected chi connectivity index (χ0v) is 28.9. The van der Waals surface area contributed by atoms with Crippen LogP contribution in [0.1, 0.15) is 40.3 Å². The number of methoxy groups -OCH3 is 1. The Bertz CT molecular complexity index is 1770. The topological polar surface area (TPSA) is 117 Å². The number of pyridine rings is 1. The SMILES string of the molecule is C=CC(=O)Nc1cc(Nc2nccc(N3CC(C)(C)c4nc(-c5cnn(C(C)(C)C)c5)ccc43)n2)c(OC)cc1N(C)CCN(C)C. The molecule has 47 heavy (non-hydrogen) atoms. The van der Waals surface area contributed by atoms with E-state index in [-0.39, 0.29) is 16.9 Å². The van der Waals surface area contributed by atoms with E-state index in [0.717, 1.165) is 47.2 Å². The summed E-state index contributed by atoms with van der Waals surface area (Å²) in [7, 11) is 7.64. The average Bonchev–Trinajstić information content (AvgIpc) is 3.63. The number of hydrogen-bond acceptors (Lipinski definition) is 10. The minimum atomic E-state index is -0.309. The molecular formula is C35H46N10O2. The van der Waals surface area contributed by atoms with Crippen LogP contribution in [0, 0.1) is 0 Å². The summed E-state index contributed by atoms with van der Waals surface area (Å²) in [4.78, 5) is 33.3. The van der Waals surface area contributed by atoms with E-state index in [1.165, 1.54) is 6.08 Å². The lowest BCUT2D eigenvalue weighted by Gasteiger charge is -2.26. The molecule has 1 aliphatic heterocycles. The summed E-state index contributed by atoms with van der Waals surface area (Å²) in [5.41, 5.74) is 5.58. The molecule has 0 radical (unpaired) electrons. The molecule has 0 spiro atoms. The van der Waals surface area contributed by atoms with Gasteiger partial charge in [-0.15, -0.1) is 0 Å².